The fourth-order valence-electron chi connectivity index (χ4n) is 0.416. The monoisotopic (exact) mass is 114 g/mol. The highest BCUT2D eigenvalue weighted by molar-refractivity contribution is 5.67. The molecule has 1 heterocycles. The fraction of sp³-hybridized carbons (Fsp3) is 0.333. The molecule has 1 unspecified atom stereocenters. The topological polar surface area (TPSA) is 70.7 Å². The third kappa shape index (κ3) is 0.627. The summed E-state index contributed by atoms with van der Waals surface area (Å²) in [4.78, 5) is 9.95. The van der Waals surface area contributed by atoms with Crippen LogP contribution in [0.5, 0.6) is 0 Å². The zero-order valence-corrected chi connectivity index (χ0v) is 4.11. The lowest BCUT2D eigenvalue weighted by Crippen LogP contribution is -2.42. The average molecular weight is 114 g/mol. The van der Waals surface area contributed by atoms with Gasteiger partial charge in [0.1, 0.15) is 6.34 Å². The smallest absolute Gasteiger partial charge is 0.186 e. The molecule has 0 aromatic rings. The van der Waals surface area contributed by atoms with Crippen LogP contribution in [-0.2, 0) is 4.79 Å². The van der Waals surface area contributed by atoms with E-state index < -0.39 is 6.17 Å². The number of hydrazine groups is 1. The summed E-state index contributed by atoms with van der Waals surface area (Å²) in [6.07, 6.45) is 1.54. The summed E-state index contributed by atoms with van der Waals surface area (Å²) >= 11 is 0. The Morgan fingerprint density at radius 1 is 2.00 bits per heavy atom. The van der Waals surface area contributed by atoms with E-state index in [1.54, 1.807) is 0 Å². The number of carbonyl (C=O) groups excluding carboxylic acids is 1. The van der Waals surface area contributed by atoms with Gasteiger partial charge in [-0.05, 0) is 0 Å². The predicted molar refractivity (Wildman–Crippen MR) is 27.5 cm³/mol. The molecular weight excluding hydrogens is 108 g/mol. The molecule has 0 aliphatic carbocycles. The summed E-state index contributed by atoms with van der Waals surface area (Å²) in [5.74, 6) is 5.18. The van der Waals surface area contributed by atoms with Crippen molar-refractivity contribution in [2.45, 2.75) is 6.17 Å². The predicted octanol–water partition coefficient (Wildman–Crippen LogP) is -1.77. The van der Waals surface area contributed by atoms with Crippen molar-refractivity contribution in [3.05, 3.63) is 0 Å². The molecule has 0 aromatic heterocycles. The van der Waals surface area contributed by atoms with Crippen molar-refractivity contribution in [3.8, 4) is 0 Å². The van der Waals surface area contributed by atoms with Crippen molar-refractivity contribution in [2.24, 2.45) is 10.9 Å². The van der Waals surface area contributed by atoms with E-state index in [-0.39, 0.29) is 0 Å². The van der Waals surface area contributed by atoms with E-state index in [1.807, 2.05) is 0 Å². The Balaban J connectivity index is 2.50. The highest BCUT2D eigenvalue weighted by Gasteiger charge is 2.13. The Labute approximate surface area is 46.1 Å². The third-order valence-electron chi connectivity index (χ3n) is 0.848. The van der Waals surface area contributed by atoms with Gasteiger partial charge in [-0.1, -0.05) is 0 Å². The molecule has 0 saturated carbocycles. The molecule has 1 aliphatic heterocycles. The van der Waals surface area contributed by atoms with Crippen LogP contribution in [0, 0.1) is 0 Å². The van der Waals surface area contributed by atoms with Crippen molar-refractivity contribution >= 4 is 12.6 Å². The second-order valence-corrected chi connectivity index (χ2v) is 1.40. The molecule has 3 N–H and O–H groups in total. The van der Waals surface area contributed by atoms with Gasteiger partial charge in [0.05, 0.1) is 0 Å². The second kappa shape index (κ2) is 1.79. The number of nitrogens with two attached hydrogens (primary N) is 1. The Hall–Kier alpha value is -1.10. The van der Waals surface area contributed by atoms with Gasteiger partial charge in [-0.25, -0.2) is 5.84 Å². The molecule has 1 rings (SSSR count). The molecule has 1 atom stereocenters. The van der Waals surface area contributed by atoms with Gasteiger partial charge in [-0.2, -0.15) is 5.10 Å². The van der Waals surface area contributed by atoms with Gasteiger partial charge >= 0.3 is 0 Å². The molecule has 1 aliphatic rings. The lowest BCUT2D eigenvalue weighted by Gasteiger charge is -2.09. The van der Waals surface area contributed by atoms with E-state index in [0.717, 1.165) is 0 Å². The largest absolute Gasteiger partial charge is 0.299 e. The number of aldehydes is 1. The summed E-state index contributed by atoms with van der Waals surface area (Å²) in [6, 6.07) is 0. The Kier molecular flexibility index (Phi) is 1.13. The van der Waals surface area contributed by atoms with Gasteiger partial charge in [-0.15, -0.1) is 0 Å². The molecule has 0 fully saturated rings. The number of rotatable bonds is 1. The third-order valence-corrected chi connectivity index (χ3v) is 0.848. The van der Waals surface area contributed by atoms with Crippen molar-refractivity contribution in [3.63, 3.8) is 0 Å². The summed E-state index contributed by atoms with van der Waals surface area (Å²) in [5, 5.41) is 4.70. The maximum Gasteiger partial charge on any atom is 0.186 e. The Morgan fingerprint density at radius 2 is 2.75 bits per heavy atom. The first-order valence-corrected chi connectivity index (χ1v) is 2.11. The first-order valence-electron chi connectivity index (χ1n) is 2.11. The van der Waals surface area contributed by atoms with Gasteiger partial charge in [0.25, 0.3) is 0 Å². The summed E-state index contributed by atoms with van der Waals surface area (Å²) in [5.41, 5.74) is 2.46. The number of carbonyl (C=O) groups is 1. The van der Waals surface area contributed by atoms with Gasteiger partial charge in [0, 0.05) is 0 Å². The number of hydrazone groups is 1. The quantitative estimate of drug-likeness (QED) is 0.313. The highest BCUT2D eigenvalue weighted by Crippen LogP contribution is 1.86. The van der Waals surface area contributed by atoms with Crippen LogP contribution in [0.1, 0.15) is 0 Å². The zero-order valence-electron chi connectivity index (χ0n) is 4.11. The number of hydrogen-bond acceptors (Lipinski definition) is 5. The lowest BCUT2D eigenvalue weighted by atomic mass is 10.6. The van der Waals surface area contributed by atoms with Crippen LogP contribution < -0.4 is 11.3 Å². The standard InChI is InChI=1S/C3H6N4O/c4-7-2-5-6-3(7)1-8/h1-3,6H,4H2. The molecule has 8 heavy (non-hydrogen) atoms. The molecule has 0 radical (unpaired) electrons. The van der Waals surface area contributed by atoms with Crippen LogP contribution in [0.4, 0.5) is 0 Å². The summed E-state index contributed by atoms with van der Waals surface area (Å²) in [7, 11) is 0. The number of hydrogen-bond donors (Lipinski definition) is 2. The van der Waals surface area contributed by atoms with Gasteiger partial charge in [0.15, 0.2) is 12.5 Å². The molecule has 0 saturated heterocycles. The summed E-state index contributed by atoms with van der Waals surface area (Å²) < 4.78 is 0. The highest BCUT2D eigenvalue weighted by atomic mass is 16.1. The fourth-order valence-corrected chi connectivity index (χ4v) is 0.416. The Morgan fingerprint density at radius 3 is 3.00 bits per heavy atom. The minimum Gasteiger partial charge on any atom is -0.299 e. The molecule has 0 bridgehead atoms. The average Bonchev–Trinajstić information content (AvgIpc) is 2.14. The van der Waals surface area contributed by atoms with E-state index in [1.165, 1.54) is 11.3 Å². The van der Waals surface area contributed by atoms with E-state index in [0.29, 0.717) is 6.29 Å². The van der Waals surface area contributed by atoms with E-state index in [2.05, 4.69) is 10.5 Å². The lowest BCUT2D eigenvalue weighted by molar-refractivity contribution is -0.111. The normalized spacial score (nSPS) is 25.6. The van der Waals surface area contributed by atoms with Gasteiger partial charge < -0.3 is 0 Å². The van der Waals surface area contributed by atoms with Crippen molar-refractivity contribution in [1.82, 2.24) is 10.4 Å². The molecule has 5 heteroatoms. The van der Waals surface area contributed by atoms with E-state index >= 15 is 0 Å². The van der Waals surface area contributed by atoms with Crippen LogP contribution in [0.25, 0.3) is 0 Å². The minimum atomic E-state index is -0.477. The molecule has 5 nitrogen and oxygen atoms in total. The maximum absolute atomic E-state index is 9.95. The molecule has 44 valence electrons. The SMILES string of the molecule is NN1C=NNC1C=O. The van der Waals surface area contributed by atoms with E-state index in [9.17, 15) is 4.79 Å². The first-order chi connectivity index (χ1) is 3.84. The number of nitrogens with one attached hydrogen (secondary N) is 1. The van der Waals surface area contributed by atoms with E-state index in [4.69, 9.17) is 5.84 Å². The van der Waals surface area contributed by atoms with Crippen LogP contribution in [0.15, 0.2) is 5.10 Å². The van der Waals surface area contributed by atoms with Crippen LogP contribution in [0.3, 0.4) is 0 Å². The van der Waals surface area contributed by atoms with Crippen molar-refractivity contribution < 1.29 is 4.79 Å². The first kappa shape index (κ1) is 5.04. The van der Waals surface area contributed by atoms with Gasteiger partial charge in [0.2, 0.25) is 0 Å². The van der Waals surface area contributed by atoms with Crippen molar-refractivity contribution in [1.29, 1.82) is 0 Å². The van der Waals surface area contributed by atoms with Crippen molar-refractivity contribution in [2.75, 3.05) is 0 Å². The minimum absolute atomic E-state index is 0.477. The molecule has 0 amide bonds. The summed E-state index contributed by atoms with van der Waals surface area (Å²) in [6.45, 7) is 0. The maximum atomic E-state index is 9.95. The van der Waals surface area contributed by atoms with Crippen LogP contribution in [-0.4, -0.2) is 23.8 Å². The second-order valence-electron chi connectivity index (χ2n) is 1.40. The molecule has 0 spiro atoms. The van der Waals surface area contributed by atoms with Gasteiger partial charge in [-0.3, -0.25) is 15.2 Å². The van der Waals surface area contributed by atoms with Crippen LogP contribution in [0.2, 0.25) is 0 Å². The zero-order chi connectivity index (χ0) is 5.98. The van der Waals surface area contributed by atoms with Crippen LogP contribution >= 0.6 is 0 Å². The Bertz CT molecular complexity index is 122. The molecule has 0 aromatic carbocycles. The number of nitrogens with zero attached hydrogens (tertiary/aromatic N) is 2. The molecular formula is C3H6N4O.